The minimum absolute atomic E-state index is 0.150. The summed E-state index contributed by atoms with van der Waals surface area (Å²) < 4.78 is 4.57. The molecule has 3 aromatic rings. The number of carbonyl (C=O) groups excluding carboxylic acids is 2. The van der Waals surface area contributed by atoms with Gasteiger partial charge in [-0.15, -0.1) is 0 Å². The number of benzene rings is 3. The summed E-state index contributed by atoms with van der Waals surface area (Å²) in [7, 11) is 0. The lowest BCUT2D eigenvalue weighted by molar-refractivity contribution is 0.0442. The van der Waals surface area contributed by atoms with Gasteiger partial charge in [-0.05, 0) is 57.9 Å². The van der Waals surface area contributed by atoms with E-state index in [1.165, 1.54) is 24.3 Å². The second-order valence-corrected chi connectivity index (χ2v) is 5.63. The van der Waals surface area contributed by atoms with Gasteiger partial charge in [0, 0.05) is 0 Å². The third kappa shape index (κ3) is 2.13. The van der Waals surface area contributed by atoms with Crippen molar-refractivity contribution in [2.75, 3.05) is 0 Å². The lowest BCUT2D eigenvalue weighted by atomic mass is 9.95. The Labute approximate surface area is 139 Å². The van der Waals surface area contributed by atoms with Gasteiger partial charge in [-0.2, -0.15) is 0 Å². The number of rotatable bonds is 2. The number of ether oxygens (including phenoxy) is 1. The zero-order valence-electron chi connectivity index (χ0n) is 12.4. The normalized spacial score (nSPS) is 13.1. The van der Waals surface area contributed by atoms with Gasteiger partial charge in [-0.3, -0.25) is 0 Å². The van der Waals surface area contributed by atoms with Crippen LogP contribution in [0, 0.1) is 0 Å². The lowest BCUT2D eigenvalue weighted by Crippen LogP contribution is -2.07. The molecule has 1 aliphatic heterocycles. The highest BCUT2D eigenvalue weighted by atomic mass is 16.6. The van der Waals surface area contributed by atoms with Gasteiger partial charge >= 0.3 is 23.9 Å². The first-order valence-electron chi connectivity index (χ1n) is 7.14. The first-order chi connectivity index (χ1) is 11.8. The molecule has 0 unspecified atom stereocenters. The molecule has 7 heteroatoms. The Bertz CT molecular complexity index is 1070. The van der Waals surface area contributed by atoms with Crippen molar-refractivity contribution in [2.24, 2.45) is 0 Å². The summed E-state index contributed by atoms with van der Waals surface area (Å²) in [6.45, 7) is 0. The fourth-order valence-corrected chi connectivity index (χ4v) is 2.99. The smallest absolute Gasteiger partial charge is 0.346 e. The molecule has 0 saturated carbocycles. The summed E-state index contributed by atoms with van der Waals surface area (Å²) in [4.78, 5) is 45.9. The van der Waals surface area contributed by atoms with Crippen LogP contribution in [-0.4, -0.2) is 34.1 Å². The summed E-state index contributed by atoms with van der Waals surface area (Å²) in [5.74, 6) is -4.14. The zero-order valence-corrected chi connectivity index (χ0v) is 12.4. The Kier molecular flexibility index (Phi) is 2.89. The third-order valence-corrected chi connectivity index (χ3v) is 4.15. The SMILES string of the molecule is O=C(O)c1cc2cc3cc4c(cc3cc2cc1C(=O)O)C(=O)OC4=O. The van der Waals surface area contributed by atoms with Gasteiger partial charge in [0.25, 0.3) is 0 Å². The molecule has 3 aromatic carbocycles. The van der Waals surface area contributed by atoms with E-state index < -0.39 is 23.9 Å². The summed E-state index contributed by atoms with van der Waals surface area (Å²) >= 11 is 0. The Balaban J connectivity index is 2.06. The molecule has 0 radical (unpaired) electrons. The third-order valence-electron chi connectivity index (χ3n) is 4.15. The van der Waals surface area contributed by atoms with Crippen molar-refractivity contribution < 1.29 is 34.1 Å². The number of carbonyl (C=O) groups is 4. The number of fused-ring (bicyclic) bond motifs is 3. The number of hydrogen-bond acceptors (Lipinski definition) is 5. The van der Waals surface area contributed by atoms with Crippen LogP contribution in [0.15, 0.2) is 36.4 Å². The van der Waals surface area contributed by atoms with E-state index in [9.17, 15) is 29.4 Å². The Morgan fingerprint density at radius 1 is 0.640 bits per heavy atom. The maximum absolute atomic E-state index is 11.7. The van der Waals surface area contributed by atoms with Gasteiger partial charge in [0.05, 0.1) is 22.3 Å². The maximum Gasteiger partial charge on any atom is 0.346 e. The molecule has 4 rings (SSSR count). The molecular formula is C18H8O7. The minimum atomic E-state index is -1.34. The molecule has 0 aromatic heterocycles. The molecule has 2 N–H and O–H groups in total. The molecule has 25 heavy (non-hydrogen) atoms. The first-order valence-corrected chi connectivity index (χ1v) is 7.14. The first kappa shape index (κ1) is 14.8. The van der Waals surface area contributed by atoms with Crippen LogP contribution in [0.4, 0.5) is 0 Å². The van der Waals surface area contributed by atoms with Gasteiger partial charge in [-0.25, -0.2) is 19.2 Å². The van der Waals surface area contributed by atoms with E-state index >= 15 is 0 Å². The van der Waals surface area contributed by atoms with Crippen molar-refractivity contribution in [2.45, 2.75) is 0 Å². The minimum Gasteiger partial charge on any atom is -0.478 e. The molecule has 1 aliphatic rings. The average Bonchev–Trinajstić information content (AvgIpc) is 2.83. The van der Waals surface area contributed by atoms with Gasteiger partial charge in [0.1, 0.15) is 0 Å². The van der Waals surface area contributed by atoms with Crippen LogP contribution in [-0.2, 0) is 4.74 Å². The Hall–Kier alpha value is -3.74. The lowest BCUT2D eigenvalue weighted by Gasteiger charge is -2.07. The molecule has 0 spiro atoms. The van der Waals surface area contributed by atoms with E-state index in [1.54, 1.807) is 12.1 Å². The van der Waals surface area contributed by atoms with Crippen LogP contribution in [0.3, 0.4) is 0 Å². The van der Waals surface area contributed by atoms with Crippen LogP contribution in [0.25, 0.3) is 21.5 Å². The second-order valence-electron chi connectivity index (χ2n) is 5.63. The molecule has 0 bridgehead atoms. The highest BCUT2D eigenvalue weighted by Crippen LogP contribution is 2.30. The van der Waals surface area contributed by atoms with Crippen LogP contribution in [0.2, 0.25) is 0 Å². The predicted octanol–water partition coefficient (Wildman–Crippen LogP) is 2.70. The molecule has 0 amide bonds. The number of carboxylic acids is 2. The van der Waals surface area contributed by atoms with E-state index in [2.05, 4.69) is 4.74 Å². The summed E-state index contributed by atoms with van der Waals surface area (Å²) in [6, 6.07) is 8.83. The molecule has 122 valence electrons. The van der Waals surface area contributed by atoms with Crippen LogP contribution in [0.1, 0.15) is 41.4 Å². The van der Waals surface area contributed by atoms with Crippen molar-refractivity contribution in [1.82, 2.24) is 0 Å². The maximum atomic E-state index is 11.7. The molecule has 7 nitrogen and oxygen atoms in total. The van der Waals surface area contributed by atoms with E-state index in [4.69, 9.17) is 0 Å². The van der Waals surface area contributed by atoms with E-state index in [-0.39, 0.29) is 22.3 Å². The van der Waals surface area contributed by atoms with Crippen molar-refractivity contribution in [1.29, 1.82) is 0 Å². The van der Waals surface area contributed by atoms with E-state index in [0.717, 1.165) is 0 Å². The molecule has 0 saturated heterocycles. The molecule has 0 aliphatic carbocycles. The summed E-state index contributed by atoms with van der Waals surface area (Å²) in [6.07, 6.45) is 0. The van der Waals surface area contributed by atoms with Gasteiger partial charge in [-0.1, -0.05) is 0 Å². The molecule has 0 atom stereocenters. The van der Waals surface area contributed by atoms with Crippen LogP contribution >= 0.6 is 0 Å². The summed E-state index contributed by atoms with van der Waals surface area (Å²) in [5, 5.41) is 20.7. The highest BCUT2D eigenvalue weighted by Gasteiger charge is 2.30. The molecule has 1 heterocycles. The number of aromatic carboxylic acids is 2. The molecular weight excluding hydrogens is 328 g/mol. The van der Waals surface area contributed by atoms with Crippen molar-refractivity contribution in [3.8, 4) is 0 Å². The van der Waals surface area contributed by atoms with Crippen LogP contribution < -0.4 is 0 Å². The van der Waals surface area contributed by atoms with Crippen molar-refractivity contribution in [3.05, 3.63) is 58.7 Å². The van der Waals surface area contributed by atoms with E-state index in [1.807, 2.05) is 0 Å². The highest BCUT2D eigenvalue weighted by molar-refractivity contribution is 6.18. The predicted molar refractivity (Wildman–Crippen MR) is 85.1 cm³/mol. The number of cyclic esters (lactones) is 2. The number of hydrogen-bond donors (Lipinski definition) is 2. The number of esters is 2. The zero-order chi connectivity index (χ0) is 17.9. The second kappa shape index (κ2) is 4.88. The largest absolute Gasteiger partial charge is 0.478 e. The quantitative estimate of drug-likeness (QED) is 0.419. The summed E-state index contributed by atoms with van der Waals surface area (Å²) in [5.41, 5.74) is -0.347. The number of carboxylic acid groups (broad SMARTS) is 2. The Morgan fingerprint density at radius 2 is 1.00 bits per heavy atom. The average molecular weight is 336 g/mol. The fraction of sp³-hybridized carbons (Fsp3) is 0. The van der Waals surface area contributed by atoms with Gasteiger partial charge in [0.2, 0.25) is 0 Å². The van der Waals surface area contributed by atoms with E-state index in [0.29, 0.717) is 21.5 Å². The van der Waals surface area contributed by atoms with Crippen LogP contribution in [0.5, 0.6) is 0 Å². The Morgan fingerprint density at radius 3 is 1.36 bits per heavy atom. The topological polar surface area (TPSA) is 118 Å². The fourth-order valence-electron chi connectivity index (χ4n) is 2.99. The monoisotopic (exact) mass is 336 g/mol. The standard InChI is InChI=1S/C18H8O7/c19-15(20)11-3-7-1-9-5-13-14(18(24)25-17(13)23)6-10(9)2-8(7)4-12(11)16(21)22/h1-6H,(H,19,20)(H,21,22). The van der Waals surface area contributed by atoms with Gasteiger partial charge < -0.3 is 14.9 Å². The van der Waals surface area contributed by atoms with Crippen molar-refractivity contribution in [3.63, 3.8) is 0 Å². The molecule has 0 fully saturated rings. The van der Waals surface area contributed by atoms with Crippen molar-refractivity contribution >= 4 is 45.4 Å². The van der Waals surface area contributed by atoms with Gasteiger partial charge in [0.15, 0.2) is 0 Å².